The van der Waals surface area contributed by atoms with E-state index in [2.05, 4.69) is 26.8 Å². The molecule has 1 saturated heterocycles. The third-order valence-corrected chi connectivity index (χ3v) is 2.76. The summed E-state index contributed by atoms with van der Waals surface area (Å²) in [5.41, 5.74) is 5.63. The van der Waals surface area contributed by atoms with Crippen LogP contribution in [-0.4, -0.2) is 47.9 Å². The molecule has 1 fully saturated rings. The molecule has 2 N–H and O–H groups in total. The van der Waals surface area contributed by atoms with Crippen LogP contribution < -0.4 is 15.4 Å². The highest BCUT2D eigenvalue weighted by atomic mass is 16.5. The van der Waals surface area contributed by atoms with E-state index in [0.717, 1.165) is 13.0 Å². The molecule has 0 bridgehead atoms. The minimum Gasteiger partial charge on any atom is -0.467 e. The Balaban J connectivity index is 2.27. The number of morpholine rings is 1. The number of ether oxygens (including phenoxy) is 2. The molecule has 0 amide bonds. The van der Waals surface area contributed by atoms with Gasteiger partial charge in [-0.3, -0.25) is 0 Å². The summed E-state index contributed by atoms with van der Waals surface area (Å²) >= 11 is 0. The van der Waals surface area contributed by atoms with Gasteiger partial charge in [0.1, 0.15) is 0 Å². The summed E-state index contributed by atoms with van der Waals surface area (Å²) in [4.78, 5) is 14.3. The normalized spacial score (nSPS) is 20.4. The lowest BCUT2D eigenvalue weighted by Crippen LogP contribution is -2.46. The number of methoxy groups -OCH3 is 1. The quantitative estimate of drug-likeness (QED) is 0.799. The van der Waals surface area contributed by atoms with Gasteiger partial charge in [0, 0.05) is 6.54 Å². The largest absolute Gasteiger partial charge is 0.467 e. The number of hydrogen-bond donors (Lipinski definition) is 1. The van der Waals surface area contributed by atoms with Crippen molar-refractivity contribution in [1.82, 2.24) is 15.0 Å². The lowest BCUT2D eigenvalue weighted by atomic mass is 10.2. The summed E-state index contributed by atoms with van der Waals surface area (Å²) in [6.07, 6.45) is 0.966. The van der Waals surface area contributed by atoms with Gasteiger partial charge in [-0.15, -0.1) is 0 Å². The van der Waals surface area contributed by atoms with Crippen LogP contribution in [0.25, 0.3) is 0 Å². The van der Waals surface area contributed by atoms with Crippen LogP contribution in [0.4, 0.5) is 11.9 Å². The molecule has 0 spiro atoms. The zero-order valence-corrected chi connectivity index (χ0v) is 10.1. The molecule has 0 aromatic carbocycles. The Kier molecular flexibility index (Phi) is 3.58. The second-order valence-corrected chi connectivity index (χ2v) is 3.81. The molecule has 1 aliphatic heterocycles. The van der Waals surface area contributed by atoms with E-state index in [9.17, 15) is 0 Å². The summed E-state index contributed by atoms with van der Waals surface area (Å²) in [5, 5.41) is 0. The van der Waals surface area contributed by atoms with Gasteiger partial charge in [0.25, 0.3) is 0 Å². The van der Waals surface area contributed by atoms with Gasteiger partial charge in [-0.25, -0.2) is 0 Å². The van der Waals surface area contributed by atoms with Gasteiger partial charge in [-0.05, 0) is 6.42 Å². The summed E-state index contributed by atoms with van der Waals surface area (Å²) in [6, 6.07) is 0.518. The number of nitrogens with zero attached hydrogens (tertiary/aromatic N) is 4. The number of nitrogens with two attached hydrogens (primary N) is 1. The average molecular weight is 239 g/mol. The van der Waals surface area contributed by atoms with Crippen LogP contribution in [0.3, 0.4) is 0 Å². The van der Waals surface area contributed by atoms with Crippen molar-refractivity contribution in [2.24, 2.45) is 0 Å². The van der Waals surface area contributed by atoms with Crippen molar-refractivity contribution in [3.8, 4) is 6.01 Å². The Morgan fingerprint density at radius 2 is 2.29 bits per heavy atom. The minimum atomic E-state index is 0.174. The summed E-state index contributed by atoms with van der Waals surface area (Å²) in [6.45, 7) is 4.22. The van der Waals surface area contributed by atoms with Crippen LogP contribution in [0.2, 0.25) is 0 Å². The van der Waals surface area contributed by atoms with E-state index in [-0.39, 0.29) is 18.0 Å². The molecule has 7 nitrogen and oxygen atoms in total. The van der Waals surface area contributed by atoms with Crippen LogP contribution in [-0.2, 0) is 4.74 Å². The molecular weight excluding hydrogens is 222 g/mol. The predicted octanol–water partition coefficient (Wildman–Crippen LogP) is 0.0776. The van der Waals surface area contributed by atoms with Gasteiger partial charge in [-0.1, -0.05) is 6.92 Å². The number of aromatic nitrogens is 3. The Bertz CT molecular complexity index is 387. The molecule has 1 unspecified atom stereocenters. The molecule has 0 radical (unpaired) electrons. The molecule has 2 rings (SSSR count). The lowest BCUT2D eigenvalue weighted by molar-refractivity contribution is 0.0920. The second-order valence-electron chi connectivity index (χ2n) is 3.81. The van der Waals surface area contributed by atoms with E-state index in [1.165, 1.54) is 7.11 Å². The fraction of sp³-hybridized carbons (Fsp3) is 0.700. The monoisotopic (exact) mass is 239 g/mol. The van der Waals surface area contributed by atoms with Crippen molar-refractivity contribution < 1.29 is 9.47 Å². The first-order valence-electron chi connectivity index (χ1n) is 5.64. The van der Waals surface area contributed by atoms with Gasteiger partial charge in [0.2, 0.25) is 11.9 Å². The fourth-order valence-corrected chi connectivity index (χ4v) is 1.84. The molecule has 1 atom stereocenters. The number of rotatable bonds is 3. The predicted molar refractivity (Wildman–Crippen MR) is 63.0 cm³/mol. The molecular formula is C10H17N5O2. The Morgan fingerprint density at radius 1 is 1.47 bits per heavy atom. The fourth-order valence-electron chi connectivity index (χ4n) is 1.84. The Morgan fingerprint density at radius 3 is 3.00 bits per heavy atom. The van der Waals surface area contributed by atoms with Crippen molar-refractivity contribution in [2.45, 2.75) is 19.4 Å². The van der Waals surface area contributed by atoms with Crippen molar-refractivity contribution in [3.63, 3.8) is 0 Å². The van der Waals surface area contributed by atoms with E-state index in [1.54, 1.807) is 0 Å². The van der Waals surface area contributed by atoms with Crippen LogP contribution in [0.5, 0.6) is 6.01 Å². The van der Waals surface area contributed by atoms with E-state index in [4.69, 9.17) is 15.2 Å². The summed E-state index contributed by atoms with van der Waals surface area (Å²) < 4.78 is 10.4. The topological polar surface area (TPSA) is 86.4 Å². The third kappa shape index (κ3) is 2.55. The number of nitrogen functional groups attached to an aromatic ring is 1. The molecule has 94 valence electrons. The number of anilines is 2. The lowest BCUT2D eigenvalue weighted by Gasteiger charge is -2.34. The van der Waals surface area contributed by atoms with E-state index < -0.39 is 0 Å². The SMILES string of the molecule is CCC1COCCN1c1nc(N)nc(OC)n1. The molecule has 1 aliphatic rings. The van der Waals surface area contributed by atoms with Crippen LogP contribution in [0, 0.1) is 0 Å². The van der Waals surface area contributed by atoms with E-state index in [0.29, 0.717) is 19.2 Å². The summed E-state index contributed by atoms with van der Waals surface area (Å²) in [7, 11) is 1.51. The zero-order valence-electron chi connectivity index (χ0n) is 10.1. The van der Waals surface area contributed by atoms with Gasteiger partial charge in [0.05, 0.1) is 26.4 Å². The molecule has 2 heterocycles. The van der Waals surface area contributed by atoms with Crippen molar-refractivity contribution in [1.29, 1.82) is 0 Å². The van der Waals surface area contributed by atoms with Gasteiger partial charge >= 0.3 is 6.01 Å². The van der Waals surface area contributed by atoms with Crippen molar-refractivity contribution >= 4 is 11.9 Å². The highest BCUT2D eigenvalue weighted by Gasteiger charge is 2.24. The first kappa shape index (κ1) is 11.8. The molecule has 1 aromatic heterocycles. The van der Waals surface area contributed by atoms with E-state index >= 15 is 0 Å². The summed E-state index contributed by atoms with van der Waals surface area (Å²) in [5.74, 6) is 0.734. The van der Waals surface area contributed by atoms with E-state index in [1.807, 2.05) is 0 Å². The molecule has 0 saturated carbocycles. The first-order chi connectivity index (χ1) is 8.24. The second kappa shape index (κ2) is 5.13. The first-order valence-corrected chi connectivity index (χ1v) is 5.64. The average Bonchev–Trinajstić information content (AvgIpc) is 2.37. The van der Waals surface area contributed by atoms with Crippen molar-refractivity contribution in [2.75, 3.05) is 37.5 Å². The Hall–Kier alpha value is -1.63. The Labute approximate surface area is 100.0 Å². The molecule has 17 heavy (non-hydrogen) atoms. The van der Waals surface area contributed by atoms with Crippen LogP contribution in [0.1, 0.15) is 13.3 Å². The smallest absolute Gasteiger partial charge is 0.322 e. The van der Waals surface area contributed by atoms with Crippen LogP contribution >= 0.6 is 0 Å². The maximum Gasteiger partial charge on any atom is 0.322 e. The molecule has 7 heteroatoms. The van der Waals surface area contributed by atoms with Gasteiger partial charge in [0.15, 0.2) is 0 Å². The molecule has 1 aromatic rings. The minimum absolute atomic E-state index is 0.174. The van der Waals surface area contributed by atoms with Gasteiger partial charge < -0.3 is 20.1 Å². The highest BCUT2D eigenvalue weighted by Crippen LogP contribution is 2.19. The van der Waals surface area contributed by atoms with Crippen molar-refractivity contribution in [3.05, 3.63) is 0 Å². The maximum atomic E-state index is 5.63. The zero-order chi connectivity index (χ0) is 12.3. The standard InChI is InChI=1S/C10H17N5O2/c1-3-7-6-17-5-4-15(7)9-12-8(11)13-10(14-9)16-2/h7H,3-6H2,1-2H3,(H2,11,12,13,14). The highest BCUT2D eigenvalue weighted by molar-refractivity contribution is 5.37. The number of hydrogen-bond acceptors (Lipinski definition) is 7. The van der Waals surface area contributed by atoms with Crippen LogP contribution in [0.15, 0.2) is 0 Å². The third-order valence-electron chi connectivity index (χ3n) is 2.76. The maximum absolute atomic E-state index is 5.63. The van der Waals surface area contributed by atoms with Gasteiger partial charge in [-0.2, -0.15) is 15.0 Å². The molecule has 0 aliphatic carbocycles.